The van der Waals surface area contributed by atoms with Crippen LogP contribution < -0.4 is 5.32 Å². The van der Waals surface area contributed by atoms with Crippen LogP contribution in [-0.2, 0) is 4.74 Å². The van der Waals surface area contributed by atoms with Gasteiger partial charge in [0, 0.05) is 13.7 Å². The van der Waals surface area contributed by atoms with Gasteiger partial charge in [-0.05, 0) is 19.4 Å². The van der Waals surface area contributed by atoms with Gasteiger partial charge in [0.2, 0.25) is 0 Å². The Labute approximate surface area is 97.4 Å². The van der Waals surface area contributed by atoms with Crippen LogP contribution in [0.3, 0.4) is 0 Å². The van der Waals surface area contributed by atoms with Crippen LogP contribution in [0.5, 0.6) is 0 Å². The van der Waals surface area contributed by atoms with E-state index >= 15 is 0 Å². The van der Waals surface area contributed by atoms with Crippen molar-refractivity contribution in [1.29, 1.82) is 0 Å². The number of aliphatic hydroxyl groups is 1. The summed E-state index contributed by atoms with van der Waals surface area (Å²) >= 11 is 0. The van der Waals surface area contributed by atoms with Crippen molar-refractivity contribution in [3.63, 3.8) is 0 Å². The second kappa shape index (κ2) is 6.63. The summed E-state index contributed by atoms with van der Waals surface area (Å²) in [6.45, 7) is 5.64. The lowest BCUT2D eigenvalue weighted by molar-refractivity contribution is 0.184. The average molecular weight is 223 g/mol. The van der Waals surface area contributed by atoms with Crippen LogP contribution in [0.1, 0.15) is 22.7 Å². The molecule has 0 aliphatic heterocycles. The Morgan fingerprint density at radius 3 is 2.38 bits per heavy atom. The highest BCUT2D eigenvalue weighted by atomic mass is 16.5. The molecule has 2 N–H and O–H groups in total. The van der Waals surface area contributed by atoms with E-state index in [0.29, 0.717) is 6.61 Å². The molecular weight excluding hydrogens is 202 g/mol. The quantitative estimate of drug-likeness (QED) is 0.719. The highest BCUT2D eigenvalue weighted by Gasteiger charge is 2.09. The van der Waals surface area contributed by atoms with Crippen molar-refractivity contribution in [3.05, 3.63) is 34.9 Å². The van der Waals surface area contributed by atoms with Crippen LogP contribution >= 0.6 is 0 Å². The van der Waals surface area contributed by atoms with Crippen LogP contribution in [0.15, 0.2) is 18.2 Å². The summed E-state index contributed by atoms with van der Waals surface area (Å²) in [5.74, 6) is 0. The molecule has 0 saturated heterocycles. The van der Waals surface area contributed by atoms with Crippen LogP contribution in [0.4, 0.5) is 0 Å². The average Bonchev–Trinajstić information content (AvgIpc) is 2.23. The van der Waals surface area contributed by atoms with Gasteiger partial charge in [0.1, 0.15) is 0 Å². The molecule has 3 nitrogen and oxygen atoms in total. The summed E-state index contributed by atoms with van der Waals surface area (Å²) in [4.78, 5) is 0. The van der Waals surface area contributed by atoms with Gasteiger partial charge >= 0.3 is 0 Å². The summed E-state index contributed by atoms with van der Waals surface area (Å²) in [5.41, 5.74) is 3.58. The molecule has 1 rings (SSSR count). The smallest absolute Gasteiger partial charge is 0.0626 e. The molecule has 0 saturated carbocycles. The molecule has 3 heteroatoms. The van der Waals surface area contributed by atoms with Gasteiger partial charge in [-0.15, -0.1) is 0 Å². The number of methoxy groups -OCH3 is 1. The Morgan fingerprint density at radius 2 is 1.88 bits per heavy atom. The van der Waals surface area contributed by atoms with E-state index in [0.717, 1.165) is 12.1 Å². The van der Waals surface area contributed by atoms with Crippen LogP contribution in [-0.4, -0.2) is 32.0 Å². The van der Waals surface area contributed by atoms with Crippen molar-refractivity contribution in [2.24, 2.45) is 0 Å². The van der Waals surface area contributed by atoms with Gasteiger partial charge in [-0.1, -0.05) is 29.3 Å². The number of rotatable bonds is 6. The standard InChI is InChI=1S/C13H21NO2/c1-10-6-11(2)8-12(7-10)13(9-15)14-4-5-16-3/h6-8,13-15H,4-5,9H2,1-3H3. The summed E-state index contributed by atoms with van der Waals surface area (Å²) in [6, 6.07) is 6.34. The normalized spacial score (nSPS) is 12.8. The van der Waals surface area contributed by atoms with Crippen LogP contribution in [0.25, 0.3) is 0 Å². The molecule has 0 spiro atoms. The number of nitrogens with one attached hydrogen (secondary N) is 1. The van der Waals surface area contributed by atoms with Gasteiger partial charge in [-0.25, -0.2) is 0 Å². The number of hydrogen-bond donors (Lipinski definition) is 2. The monoisotopic (exact) mass is 223 g/mol. The molecule has 0 aliphatic rings. The Hall–Kier alpha value is -0.900. The number of hydrogen-bond acceptors (Lipinski definition) is 3. The molecule has 1 aromatic rings. The lowest BCUT2D eigenvalue weighted by Gasteiger charge is -2.17. The Kier molecular flexibility index (Phi) is 5.46. The predicted octanol–water partition coefficient (Wildman–Crippen LogP) is 1.57. The van der Waals surface area contributed by atoms with Gasteiger partial charge in [-0.2, -0.15) is 0 Å². The van der Waals surface area contributed by atoms with E-state index in [9.17, 15) is 5.11 Å². The van der Waals surface area contributed by atoms with Gasteiger partial charge < -0.3 is 15.2 Å². The molecular formula is C13H21NO2. The van der Waals surface area contributed by atoms with Gasteiger partial charge in [-0.3, -0.25) is 0 Å². The molecule has 0 bridgehead atoms. The fourth-order valence-electron chi connectivity index (χ4n) is 1.83. The third-order valence-corrected chi connectivity index (χ3v) is 2.53. The van der Waals surface area contributed by atoms with E-state index in [1.165, 1.54) is 11.1 Å². The second-order valence-corrected chi connectivity index (χ2v) is 4.10. The number of aryl methyl sites for hydroxylation is 2. The fourth-order valence-corrected chi connectivity index (χ4v) is 1.83. The number of benzene rings is 1. The Bertz CT molecular complexity index is 305. The molecule has 0 aliphatic carbocycles. The van der Waals surface area contributed by atoms with Crippen molar-refractivity contribution in [1.82, 2.24) is 5.32 Å². The predicted molar refractivity (Wildman–Crippen MR) is 65.6 cm³/mol. The number of ether oxygens (including phenoxy) is 1. The molecule has 0 amide bonds. The molecule has 0 radical (unpaired) electrons. The molecule has 1 aromatic carbocycles. The Morgan fingerprint density at radius 1 is 1.25 bits per heavy atom. The lowest BCUT2D eigenvalue weighted by atomic mass is 10.0. The summed E-state index contributed by atoms with van der Waals surface area (Å²) in [6.07, 6.45) is 0. The highest BCUT2D eigenvalue weighted by Crippen LogP contribution is 2.16. The minimum atomic E-state index is -0.00579. The van der Waals surface area contributed by atoms with Crippen molar-refractivity contribution in [2.75, 3.05) is 26.9 Å². The largest absolute Gasteiger partial charge is 0.394 e. The third-order valence-electron chi connectivity index (χ3n) is 2.53. The summed E-state index contributed by atoms with van der Waals surface area (Å²) < 4.78 is 4.98. The van der Waals surface area contributed by atoms with Crippen molar-refractivity contribution < 1.29 is 9.84 Å². The van der Waals surface area contributed by atoms with Gasteiger partial charge in [0.05, 0.1) is 19.3 Å². The van der Waals surface area contributed by atoms with E-state index in [2.05, 4.69) is 37.4 Å². The maximum Gasteiger partial charge on any atom is 0.0626 e. The van der Waals surface area contributed by atoms with Gasteiger partial charge in [0.15, 0.2) is 0 Å². The van der Waals surface area contributed by atoms with E-state index in [1.807, 2.05) is 0 Å². The molecule has 0 aromatic heterocycles. The maximum atomic E-state index is 9.36. The second-order valence-electron chi connectivity index (χ2n) is 4.10. The van der Waals surface area contributed by atoms with Crippen molar-refractivity contribution in [3.8, 4) is 0 Å². The SMILES string of the molecule is COCCNC(CO)c1cc(C)cc(C)c1. The van der Waals surface area contributed by atoms with Crippen LogP contribution in [0, 0.1) is 13.8 Å². The van der Waals surface area contributed by atoms with Gasteiger partial charge in [0.25, 0.3) is 0 Å². The first-order chi connectivity index (χ1) is 7.67. The van der Waals surface area contributed by atoms with Crippen molar-refractivity contribution in [2.45, 2.75) is 19.9 Å². The number of aliphatic hydroxyl groups excluding tert-OH is 1. The zero-order chi connectivity index (χ0) is 12.0. The zero-order valence-electron chi connectivity index (χ0n) is 10.3. The highest BCUT2D eigenvalue weighted by molar-refractivity contribution is 5.30. The topological polar surface area (TPSA) is 41.5 Å². The molecule has 1 unspecified atom stereocenters. The van der Waals surface area contributed by atoms with Crippen LogP contribution in [0.2, 0.25) is 0 Å². The molecule has 90 valence electrons. The first kappa shape index (κ1) is 13.2. The zero-order valence-corrected chi connectivity index (χ0v) is 10.3. The minimum Gasteiger partial charge on any atom is -0.394 e. The Balaban J connectivity index is 2.70. The fraction of sp³-hybridized carbons (Fsp3) is 0.538. The first-order valence-electron chi connectivity index (χ1n) is 5.58. The van der Waals surface area contributed by atoms with Crippen molar-refractivity contribution >= 4 is 0 Å². The molecule has 1 atom stereocenters. The lowest BCUT2D eigenvalue weighted by Crippen LogP contribution is -2.27. The molecule has 16 heavy (non-hydrogen) atoms. The minimum absolute atomic E-state index is 0.00579. The maximum absolute atomic E-state index is 9.36. The van der Waals surface area contributed by atoms with E-state index in [-0.39, 0.29) is 12.6 Å². The summed E-state index contributed by atoms with van der Waals surface area (Å²) in [7, 11) is 1.67. The summed E-state index contributed by atoms with van der Waals surface area (Å²) in [5, 5.41) is 12.6. The molecule has 0 fully saturated rings. The van der Waals surface area contributed by atoms with E-state index in [1.54, 1.807) is 7.11 Å². The van der Waals surface area contributed by atoms with E-state index < -0.39 is 0 Å². The first-order valence-corrected chi connectivity index (χ1v) is 5.58. The molecule has 0 heterocycles. The van der Waals surface area contributed by atoms with E-state index in [4.69, 9.17) is 4.74 Å². The third kappa shape index (κ3) is 3.93.